The van der Waals surface area contributed by atoms with E-state index in [9.17, 15) is 14.4 Å². The summed E-state index contributed by atoms with van der Waals surface area (Å²) in [7, 11) is 0. The van der Waals surface area contributed by atoms with E-state index in [1.165, 1.54) is 6.07 Å². The number of carbonyl (C=O) groups is 2. The summed E-state index contributed by atoms with van der Waals surface area (Å²) in [6, 6.07) is 11.2. The molecule has 1 fully saturated rings. The molecule has 0 saturated carbocycles. The van der Waals surface area contributed by atoms with Crippen LogP contribution in [0.5, 0.6) is 0 Å². The van der Waals surface area contributed by atoms with E-state index in [0.717, 1.165) is 25.1 Å². The maximum atomic E-state index is 13.2. The predicted octanol–water partition coefficient (Wildman–Crippen LogP) is 2.75. The molecule has 1 aromatic heterocycles. The number of fused-ring (bicyclic) bond motifs is 1. The Morgan fingerprint density at radius 2 is 1.84 bits per heavy atom. The fourth-order valence-electron chi connectivity index (χ4n) is 4.63. The van der Waals surface area contributed by atoms with E-state index in [2.05, 4.69) is 16.0 Å². The SMILES string of the molecule is CC1(C)CC(=O)c2cc(C(=O)N3CCCN(Cc4ccc(C#N)cc4)CC3)c(=O)[nH]c2C1. The Hall–Kier alpha value is -3.24. The highest BCUT2D eigenvalue weighted by Crippen LogP contribution is 2.33. The van der Waals surface area contributed by atoms with Crippen molar-refractivity contribution in [3.8, 4) is 6.07 Å². The first-order valence-corrected chi connectivity index (χ1v) is 11.1. The zero-order valence-electron chi connectivity index (χ0n) is 18.6. The first-order valence-electron chi connectivity index (χ1n) is 11.1. The van der Waals surface area contributed by atoms with Crippen molar-refractivity contribution < 1.29 is 9.59 Å². The molecule has 7 heteroatoms. The summed E-state index contributed by atoms with van der Waals surface area (Å²) < 4.78 is 0. The topological polar surface area (TPSA) is 97.3 Å². The molecular weight excluding hydrogens is 404 g/mol. The highest BCUT2D eigenvalue weighted by molar-refractivity contribution is 6.02. The fraction of sp³-hybridized carbons (Fsp3) is 0.440. The van der Waals surface area contributed by atoms with E-state index in [4.69, 9.17) is 5.26 Å². The molecule has 166 valence electrons. The summed E-state index contributed by atoms with van der Waals surface area (Å²) in [4.78, 5) is 45.3. The normalized spacial score (nSPS) is 18.5. The molecule has 1 amide bonds. The van der Waals surface area contributed by atoms with Crippen LogP contribution in [0.1, 0.15) is 64.2 Å². The summed E-state index contributed by atoms with van der Waals surface area (Å²) in [6.45, 7) is 7.39. The van der Waals surface area contributed by atoms with Crippen LogP contribution in [0.4, 0.5) is 0 Å². The van der Waals surface area contributed by atoms with E-state index in [1.807, 2.05) is 38.1 Å². The second-order valence-corrected chi connectivity index (χ2v) is 9.58. The lowest BCUT2D eigenvalue weighted by Gasteiger charge is -2.30. The van der Waals surface area contributed by atoms with Crippen molar-refractivity contribution in [2.75, 3.05) is 26.2 Å². The second-order valence-electron chi connectivity index (χ2n) is 9.58. The predicted molar refractivity (Wildman–Crippen MR) is 120 cm³/mol. The molecule has 7 nitrogen and oxygen atoms in total. The van der Waals surface area contributed by atoms with Gasteiger partial charge in [-0.2, -0.15) is 5.26 Å². The Kier molecular flexibility index (Phi) is 5.98. The van der Waals surface area contributed by atoms with Gasteiger partial charge in [-0.15, -0.1) is 0 Å². The van der Waals surface area contributed by atoms with Crippen LogP contribution in [0.15, 0.2) is 35.1 Å². The first kappa shape index (κ1) is 22.0. The van der Waals surface area contributed by atoms with Crippen LogP contribution in [0.25, 0.3) is 0 Å². The molecule has 4 rings (SSSR count). The largest absolute Gasteiger partial charge is 0.337 e. The number of aromatic amines is 1. The molecule has 0 atom stereocenters. The molecule has 1 N–H and O–H groups in total. The van der Waals surface area contributed by atoms with Gasteiger partial charge in [-0.05, 0) is 42.0 Å². The molecule has 32 heavy (non-hydrogen) atoms. The van der Waals surface area contributed by atoms with Gasteiger partial charge in [-0.3, -0.25) is 19.3 Å². The quantitative estimate of drug-likeness (QED) is 0.804. The molecule has 2 aromatic rings. The van der Waals surface area contributed by atoms with Gasteiger partial charge in [0.2, 0.25) is 0 Å². The minimum Gasteiger partial charge on any atom is -0.337 e. The highest BCUT2D eigenvalue weighted by Gasteiger charge is 2.33. The van der Waals surface area contributed by atoms with E-state index in [-0.39, 0.29) is 22.7 Å². The van der Waals surface area contributed by atoms with Gasteiger partial charge in [0.05, 0.1) is 11.6 Å². The maximum Gasteiger partial charge on any atom is 0.261 e. The average molecular weight is 433 g/mol. The van der Waals surface area contributed by atoms with Crippen LogP contribution in [0.2, 0.25) is 0 Å². The molecule has 2 aliphatic rings. The Labute approximate surface area is 187 Å². The number of aromatic nitrogens is 1. The molecule has 0 spiro atoms. The van der Waals surface area contributed by atoms with Gasteiger partial charge in [-0.25, -0.2) is 0 Å². The fourth-order valence-corrected chi connectivity index (χ4v) is 4.63. The summed E-state index contributed by atoms with van der Waals surface area (Å²) in [5.74, 6) is -0.335. The minimum absolute atomic E-state index is 0.0222. The van der Waals surface area contributed by atoms with Crippen molar-refractivity contribution in [2.45, 2.75) is 39.7 Å². The van der Waals surface area contributed by atoms with Crippen LogP contribution in [0, 0.1) is 16.7 Å². The lowest BCUT2D eigenvalue weighted by molar-refractivity contribution is 0.0759. The van der Waals surface area contributed by atoms with Crippen LogP contribution in [-0.2, 0) is 13.0 Å². The third-order valence-electron chi connectivity index (χ3n) is 6.31. The molecule has 0 unspecified atom stereocenters. The van der Waals surface area contributed by atoms with E-state index in [1.54, 1.807) is 4.90 Å². The van der Waals surface area contributed by atoms with Gasteiger partial charge in [0.25, 0.3) is 11.5 Å². The standard InChI is InChI=1S/C25H28N4O3/c1-25(2)13-21-19(22(30)14-25)12-20(23(31)27-21)24(32)29-9-3-8-28(10-11-29)16-18-6-4-17(15-26)5-7-18/h4-7,12H,3,8-11,13-14,16H2,1-2H3,(H,27,31). The zero-order valence-corrected chi connectivity index (χ0v) is 18.6. The number of amides is 1. The molecule has 1 aromatic carbocycles. The lowest BCUT2D eigenvalue weighted by atomic mass is 9.75. The summed E-state index contributed by atoms with van der Waals surface area (Å²) in [5.41, 5.74) is 2.31. The summed E-state index contributed by atoms with van der Waals surface area (Å²) >= 11 is 0. The van der Waals surface area contributed by atoms with Gasteiger partial charge in [-0.1, -0.05) is 26.0 Å². The monoisotopic (exact) mass is 432 g/mol. The third-order valence-corrected chi connectivity index (χ3v) is 6.31. The smallest absolute Gasteiger partial charge is 0.261 e. The number of pyridine rings is 1. The summed E-state index contributed by atoms with van der Waals surface area (Å²) in [6.07, 6.45) is 1.83. The van der Waals surface area contributed by atoms with Gasteiger partial charge in [0, 0.05) is 50.4 Å². The number of hydrogen-bond acceptors (Lipinski definition) is 5. The average Bonchev–Trinajstić information content (AvgIpc) is 2.98. The van der Waals surface area contributed by atoms with Gasteiger partial charge in [0.15, 0.2) is 5.78 Å². The Balaban J connectivity index is 1.46. The second kappa shape index (κ2) is 8.71. The molecule has 1 aliphatic carbocycles. The molecule has 1 aliphatic heterocycles. The number of Topliss-reactive ketones (excluding diaryl/α,β-unsaturated/α-hetero) is 1. The number of hydrogen-bond donors (Lipinski definition) is 1. The Bertz CT molecular complexity index is 1140. The van der Waals surface area contributed by atoms with Crippen molar-refractivity contribution in [2.24, 2.45) is 5.41 Å². The number of rotatable bonds is 3. The van der Waals surface area contributed by atoms with Crippen molar-refractivity contribution >= 4 is 11.7 Å². The summed E-state index contributed by atoms with van der Waals surface area (Å²) in [5, 5.41) is 8.94. The number of H-pyrrole nitrogens is 1. The van der Waals surface area contributed by atoms with Crippen LogP contribution < -0.4 is 5.56 Å². The number of nitriles is 1. The molecular formula is C25H28N4O3. The van der Waals surface area contributed by atoms with E-state index >= 15 is 0 Å². The molecule has 2 heterocycles. The minimum atomic E-state index is -0.419. The number of carbonyl (C=O) groups excluding carboxylic acids is 2. The lowest BCUT2D eigenvalue weighted by Crippen LogP contribution is -2.39. The van der Waals surface area contributed by atoms with Crippen molar-refractivity contribution in [1.82, 2.24) is 14.8 Å². The third kappa shape index (κ3) is 4.66. The van der Waals surface area contributed by atoms with Crippen molar-refractivity contribution in [3.63, 3.8) is 0 Å². The zero-order chi connectivity index (χ0) is 22.9. The Morgan fingerprint density at radius 1 is 1.09 bits per heavy atom. The van der Waals surface area contributed by atoms with E-state index in [0.29, 0.717) is 49.3 Å². The van der Waals surface area contributed by atoms with Crippen molar-refractivity contribution in [1.29, 1.82) is 5.26 Å². The van der Waals surface area contributed by atoms with Crippen LogP contribution in [0.3, 0.4) is 0 Å². The number of nitrogens with zero attached hydrogens (tertiary/aromatic N) is 3. The van der Waals surface area contributed by atoms with Gasteiger partial charge >= 0.3 is 0 Å². The number of nitrogens with one attached hydrogen (secondary N) is 1. The van der Waals surface area contributed by atoms with Crippen LogP contribution in [-0.4, -0.2) is 52.7 Å². The molecule has 0 radical (unpaired) electrons. The van der Waals surface area contributed by atoms with Gasteiger partial charge < -0.3 is 9.88 Å². The highest BCUT2D eigenvalue weighted by atomic mass is 16.2. The van der Waals surface area contributed by atoms with E-state index < -0.39 is 5.56 Å². The maximum absolute atomic E-state index is 13.2. The Morgan fingerprint density at radius 3 is 2.56 bits per heavy atom. The molecule has 1 saturated heterocycles. The number of ketones is 1. The van der Waals surface area contributed by atoms with Crippen molar-refractivity contribution in [3.05, 3.63) is 68.6 Å². The van der Waals surface area contributed by atoms with Gasteiger partial charge in [0.1, 0.15) is 5.56 Å². The van der Waals surface area contributed by atoms with Crippen LogP contribution >= 0.6 is 0 Å². The molecule has 0 bridgehead atoms. The number of benzene rings is 1. The first-order chi connectivity index (χ1) is 15.3.